The molecule has 0 aliphatic rings. The number of hydrogen-bond acceptors (Lipinski definition) is 5. The summed E-state index contributed by atoms with van der Waals surface area (Å²) in [7, 11) is 4.81. The SMILES string of the molecule is COc1cccc([C@H](C(=O)O)N(C)CCn2ccnc2)c1OC. The number of carboxylic acid groups (broad SMARTS) is 1. The van der Waals surface area contributed by atoms with Gasteiger partial charge in [0.05, 0.1) is 20.5 Å². The number of aromatic nitrogens is 2. The van der Waals surface area contributed by atoms with Crippen LogP contribution in [0.5, 0.6) is 11.5 Å². The van der Waals surface area contributed by atoms with Gasteiger partial charge in [0.1, 0.15) is 6.04 Å². The van der Waals surface area contributed by atoms with E-state index in [1.165, 1.54) is 14.2 Å². The van der Waals surface area contributed by atoms with Crippen molar-refractivity contribution >= 4 is 5.97 Å². The van der Waals surface area contributed by atoms with Gasteiger partial charge < -0.3 is 19.1 Å². The van der Waals surface area contributed by atoms with E-state index in [1.807, 2.05) is 10.8 Å². The number of carboxylic acids is 1. The van der Waals surface area contributed by atoms with Crippen LogP contribution in [-0.4, -0.2) is 53.3 Å². The Balaban J connectivity index is 2.25. The summed E-state index contributed by atoms with van der Waals surface area (Å²) in [5, 5.41) is 9.68. The molecule has 0 saturated carbocycles. The summed E-state index contributed by atoms with van der Waals surface area (Å²) in [4.78, 5) is 17.6. The predicted molar refractivity (Wildman–Crippen MR) is 84.8 cm³/mol. The maximum atomic E-state index is 11.8. The van der Waals surface area contributed by atoms with Crippen LogP contribution in [0.25, 0.3) is 0 Å². The van der Waals surface area contributed by atoms with Crippen molar-refractivity contribution in [2.75, 3.05) is 27.8 Å². The van der Waals surface area contributed by atoms with E-state index in [-0.39, 0.29) is 0 Å². The third kappa shape index (κ3) is 3.81. The number of hydrogen-bond donors (Lipinski definition) is 1. The van der Waals surface area contributed by atoms with Gasteiger partial charge in [0, 0.05) is 31.0 Å². The first-order valence-corrected chi connectivity index (χ1v) is 7.18. The topological polar surface area (TPSA) is 76.8 Å². The fourth-order valence-corrected chi connectivity index (χ4v) is 2.51. The first-order chi connectivity index (χ1) is 11.1. The van der Waals surface area contributed by atoms with E-state index in [2.05, 4.69) is 4.98 Å². The highest BCUT2D eigenvalue weighted by Crippen LogP contribution is 2.36. The number of methoxy groups -OCH3 is 2. The van der Waals surface area contributed by atoms with Gasteiger partial charge in [0.2, 0.25) is 0 Å². The molecule has 7 nitrogen and oxygen atoms in total. The van der Waals surface area contributed by atoms with Crippen molar-refractivity contribution < 1.29 is 19.4 Å². The molecule has 0 unspecified atom stereocenters. The number of likely N-dealkylation sites (N-methyl/N-ethyl adjacent to an activating group) is 1. The Morgan fingerprint density at radius 3 is 2.74 bits per heavy atom. The zero-order valence-electron chi connectivity index (χ0n) is 13.5. The Hall–Kier alpha value is -2.54. The smallest absolute Gasteiger partial charge is 0.325 e. The first-order valence-electron chi connectivity index (χ1n) is 7.18. The van der Waals surface area contributed by atoms with Gasteiger partial charge in [-0.05, 0) is 13.1 Å². The first kappa shape index (κ1) is 16.8. The van der Waals surface area contributed by atoms with Crippen molar-refractivity contribution in [3.05, 3.63) is 42.5 Å². The van der Waals surface area contributed by atoms with Gasteiger partial charge in [0.15, 0.2) is 11.5 Å². The highest BCUT2D eigenvalue weighted by molar-refractivity contribution is 5.77. The van der Waals surface area contributed by atoms with E-state index in [0.717, 1.165) is 0 Å². The van der Waals surface area contributed by atoms with Crippen molar-refractivity contribution in [3.8, 4) is 11.5 Å². The molecule has 0 aliphatic heterocycles. The van der Waals surface area contributed by atoms with Gasteiger partial charge in [-0.15, -0.1) is 0 Å². The van der Waals surface area contributed by atoms with Crippen LogP contribution in [0, 0.1) is 0 Å². The maximum absolute atomic E-state index is 11.8. The summed E-state index contributed by atoms with van der Waals surface area (Å²) in [5.41, 5.74) is 0.562. The highest BCUT2D eigenvalue weighted by Gasteiger charge is 2.29. The monoisotopic (exact) mass is 319 g/mol. The number of para-hydroxylation sites is 1. The molecule has 1 atom stereocenters. The van der Waals surface area contributed by atoms with Gasteiger partial charge in [-0.3, -0.25) is 9.69 Å². The van der Waals surface area contributed by atoms with E-state index < -0.39 is 12.0 Å². The van der Waals surface area contributed by atoms with Crippen molar-refractivity contribution in [1.82, 2.24) is 14.5 Å². The van der Waals surface area contributed by atoms with Crippen LogP contribution in [0.4, 0.5) is 0 Å². The van der Waals surface area contributed by atoms with E-state index in [4.69, 9.17) is 9.47 Å². The Morgan fingerprint density at radius 1 is 1.39 bits per heavy atom. The van der Waals surface area contributed by atoms with Crippen LogP contribution >= 0.6 is 0 Å². The molecule has 0 aliphatic carbocycles. The van der Waals surface area contributed by atoms with E-state index >= 15 is 0 Å². The molecular weight excluding hydrogens is 298 g/mol. The quantitative estimate of drug-likeness (QED) is 0.797. The fourth-order valence-electron chi connectivity index (χ4n) is 2.51. The van der Waals surface area contributed by atoms with Crippen LogP contribution in [0.1, 0.15) is 11.6 Å². The van der Waals surface area contributed by atoms with Crippen LogP contribution < -0.4 is 9.47 Å². The van der Waals surface area contributed by atoms with Crippen molar-refractivity contribution in [1.29, 1.82) is 0 Å². The third-order valence-electron chi connectivity index (χ3n) is 3.67. The summed E-state index contributed by atoms with van der Waals surface area (Å²) < 4.78 is 12.5. The summed E-state index contributed by atoms with van der Waals surface area (Å²) in [6.45, 7) is 1.19. The Bertz CT molecular complexity index is 643. The van der Waals surface area contributed by atoms with Gasteiger partial charge in [-0.2, -0.15) is 0 Å². The van der Waals surface area contributed by atoms with Crippen LogP contribution in [-0.2, 0) is 11.3 Å². The summed E-state index contributed by atoms with van der Waals surface area (Å²) in [6.07, 6.45) is 5.24. The molecule has 7 heteroatoms. The molecule has 1 heterocycles. The normalized spacial score (nSPS) is 12.2. The van der Waals surface area contributed by atoms with Crippen molar-refractivity contribution in [2.24, 2.45) is 0 Å². The minimum absolute atomic E-state index is 0.442. The minimum atomic E-state index is -0.940. The number of benzene rings is 1. The molecule has 23 heavy (non-hydrogen) atoms. The molecule has 0 fully saturated rings. The second kappa shape index (κ2) is 7.64. The number of aliphatic carboxylic acids is 1. The lowest BCUT2D eigenvalue weighted by molar-refractivity contribution is -0.143. The second-order valence-corrected chi connectivity index (χ2v) is 5.10. The number of imidazole rings is 1. The zero-order chi connectivity index (χ0) is 16.8. The van der Waals surface area contributed by atoms with Crippen LogP contribution in [0.15, 0.2) is 36.9 Å². The maximum Gasteiger partial charge on any atom is 0.325 e. The lowest BCUT2D eigenvalue weighted by Gasteiger charge is -2.26. The molecular formula is C16H21N3O4. The molecule has 1 aromatic carbocycles. The van der Waals surface area contributed by atoms with Gasteiger partial charge in [-0.1, -0.05) is 12.1 Å². The average Bonchev–Trinajstić information content (AvgIpc) is 3.05. The third-order valence-corrected chi connectivity index (χ3v) is 3.67. The van der Waals surface area contributed by atoms with Gasteiger partial charge in [0.25, 0.3) is 0 Å². The van der Waals surface area contributed by atoms with Crippen molar-refractivity contribution in [2.45, 2.75) is 12.6 Å². The summed E-state index contributed by atoms with van der Waals surface area (Å²) in [6, 6.07) is 4.42. The largest absolute Gasteiger partial charge is 0.493 e. The second-order valence-electron chi connectivity index (χ2n) is 5.10. The average molecular weight is 319 g/mol. The molecule has 0 bridgehead atoms. The predicted octanol–water partition coefficient (Wildman–Crippen LogP) is 1.66. The number of nitrogens with zero attached hydrogens (tertiary/aromatic N) is 3. The number of carbonyl (C=O) groups is 1. The van der Waals surface area contributed by atoms with Gasteiger partial charge >= 0.3 is 5.97 Å². The Labute approximate surface area is 135 Å². The zero-order valence-corrected chi connectivity index (χ0v) is 13.5. The van der Waals surface area contributed by atoms with E-state index in [9.17, 15) is 9.90 Å². The molecule has 0 radical (unpaired) electrons. The van der Waals surface area contributed by atoms with E-state index in [0.29, 0.717) is 30.2 Å². The Morgan fingerprint density at radius 2 is 2.17 bits per heavy atom. The fraction of sp³-hybridized carbons (Fsp3) is 0.375. The van der Waals surface area contributed by atoms with Gasteiger partial charge in [-0.25, -0.2) is 4.98 Å². The molecule has 0 amide bonds. The van der Waals surface area contributed by atoms with Crippen molar-refractivity contribution in [3.63, 3.8) is 0 Å². The van der Waals surface area contributed by atoms with E-state index in [1.54, 1.807) is 42.7 Å². The molecule has 0 spiro atoms. The van der Waals surface area contributed by atoms with Crippen LogP contribution in [0.2, 0.25) is 0 Å². The molecule has 2 rings (SSSR count). The van der Waals surface area contributed by atoms with Crippen LogP contribution in [0.3, 0.4) is 0 Å². The number of rotatable bonds is 8. The molecule has 124 valence electrons. The molecule has 1 N–H and O–H groups in total. The molecule has 2 aromatic rings. The number of ether oxygens (including phenoxy) is 2. The molecule has 1 aromatic heterocycles. The summed E-state index contributed by atoms with van der Waals surface area (Å²) in [5.74, 6) is 0.0147. The molecule has 0 saturated heterocycles. The highest BCUT2D eigenvalue weighted by atomic mass is 16.5. The minimum Gasteiger partial charge on any atom is -0.493 e. The standard InChI is InChI=1S/C16H21N3O4/c1-18(9-10-19-8-7-17-11-19)14(16(20)21)12-5-4-6-13(22-2)15(12)23-3/h4-8,11,14H,9-10H2,1-3H3,(H,20,21)/t14-/m1/s1. The lowest BCUT2D eigenvalue weighted by Crippen LogP contribution is -2.33. The summed E-state index contributed by atoms with van der Waals surface area (Å²) >= 11 is 0. The lowest BCUT2D eigenvalue weighted by atomic mass is 10.0. The Kier molecular flexibility index (Phi) is 5.59.